The SMILES string of the molecule is COc1ccc(N2CCN(Cc3c(O)ccc4c(=O)c(-c5ccccc5OC)coc34)CC2)cc1. The van der Waals surface area contributed by atoms with Gasteiger partial charge in [0, 0.05) is 44.0 Å². The van der Waals surface area contributed by atoms with Crippen molar-refractivity contribution in [2.45, 2.75) is 6.54 Å². The highest BCUT2D eigenvalue weighted by atomic mass is 16.5. The lowest BCUT2D eigenvalue weighted by molar-refractivity contribution is 0.246. The van der Waals surface area contributed by atoms with E-state index in [1.54, 1.807) is 26.4 Å². The third-order valence-electron chi connectivity index (χ3n) is 6.61. The van der Waals surface area contributed by atoms with Gasteiger partial charge in [-0.3, -0.25) is 9.69 Å². The molecule has 35 heavy (non-hydrogen) atoms. The van der Waals surface area contributed by atoms with Crippen LogP contribution in [0, 0.1) is 0 Å². The van der Waals surface area contributed by atoms with Gasteiger partial charge in [-0.2, -0.15) is 0 Å². The van der Waals surface area contributed by atoms with E-state index < -0.39 is 0 Å². The normalized spacial score (nSPS) is 14.3. The topological polar surface area (TPSA) is 75.4 Å². The second-order valence-electron chi connectivity index (χ2n) is 8.58. The number of phenolic OH excluding ortho intramolecular Hbond substituents is 1. The van der Waals surface area contributed by atoms with E-state index in [0.29, 0.717) is 40.0 Å². The van der Waals surface area contributed by atoms with Crippen LogP contribution in [0.4, 0.5) is 5.69 Å². The van der Waals surface area contributed by atoms with Crippen molar-refractivity contribution >= 4 is 16.7 Å². The number of para-hydroxylation sites is 1. The largest absolute Gasteiger partial charge is 0.507 e. The molecule has 0 radical (unpaired) electrons. The van der Waals surface area contributed by atoms with E-state index in [1.807, 2.05) is 36.4 Å². The van der Waals surface area contributed by atoms with E-state index in [9.17, 15) is 9.90 Å². The molecule has 2 heterocycles. The van der Waals surface area contributed by atoms with E-state index in [4.69, 9.17) is 13.9 Å². The fourth-order valence-corrected chi connectivity index (χ4v) is 4.63. The van der Waals surface area contributed by atoms with Gasteiger partial charge in [-0.25, -0.2) is 0 Å². The predicted molar refractivity (Wildman–Crippen MR) is 137 cm³/mol. The summed E-state index contributed by atoms with van der Waals surface area (Å²) in [5.74, 6) is 1.57. The minimum atomic E-state index is -0.152. The van der Waals surface area contributed by atoms with Crippen LogP contribution < -0.4 is 19.8 Å². The van der Waals surface area contributed by atoms with Crippen molar-refractivity contribution in [3.8, 4) is 28.4 Å². The lowest BCUT2D eigenvalue weighted by Gasteiger charge is -2.36. The molecule has 0 saturated carbocycles. The smallest absolute Gasteiger partial charge is 0.200 e. The molecule has 1 saturated heterocycles. The lowest BCUT2D eigenvalue weighted by Crippen LogP contribution is -2.46. The summed E-state index contributed by atoms with van der Waals surface area (Å²) < 4.78 is 16.7. The number of anilines is 1. The Hall–Kier alpha value is -3.97. The van der Waals surface area contributed by atoms with Crippen LogP contribution >= 0.6 is 0 Å². The van der Waals surface area contributed by atoms with Crippen molar-refractivity contribution in [1.82, 2.24) is 4.90 Å². The van der Waals surface area contributed by atoms with Crippen LogP contribution in [0.3, 0.4) is 0 Å². The Morgan fingerprint density at radius 1 is 0.886 bits per heavy atom. The first kappa shape index (κ1) is 22.8. The quantitative estimate of drug-likeness (QED) is 0.443. The summed E-state index contributed by atoms with van der Waals surface area (Å²) in [7, 11) is 3.24. The summed E-state index contributed by atoms with van der Waals surface area (Å²) in [6.07, 6.45) is 1.47. The summed E-state index contributed by atoms with van der Waals surface area (Å²) >= 11 is 0. The van der Waals surface area contributed by atoms with Gasteiger partial charge in [0.1, 0.15) is 29.1 Å². The summed E-state index contributed by atoms with van der Waals surface area (Å²) in [5.41, 5.74) is 3.17. The summed E-state index contributed by atoms with van der Waals surface area (Å²) in [5, 5.41) is 11.1. The number of phenols is 1. The van der Waals surface area contributed by atoms with Crippen LogP contribution in [-0.4, -0.2) is 50.4 Å². The number of rotatable bonds is 6. The van der Waals surface area contributed by atoms with Crippen molar-refractivity contribution in [1.29, 1.82) is 0 Å². The molecule has 0 unspecified atom stereocenters. The van der Waals surface area contributed by atoms with Gasteiger partial charge in [-0.15, -0.1) is 0 Å². The number of hydrogen-bond donors (Lipinski definition) is 1. The van der Waals surface area contributed by atoms with E-state index in [0.717, 1.165) is 37.6 Å². The van der Waals surface area contributed by atoms with Crippen LogP contribution in [0.1, 0.15) is 5.56 Å². The van der Waals surface area contributed by atoms with E-state index in [1.165, 1.54) is 6.26 Å². The molecule has 1 aliphatic heterocycles. The van der Waals surface area contributed by atoms with E-state index in [2.05, 4.69) is 21.9 Å². The Labute approximate surface area is 203 Å². The first-order valence-corrected chi connectivity index (χ1v) is 11.6. The fourth-order valence-electron chi connectivity index (χ4n) is 4.63. The molecule has 1 fully saturated rings. The molecule has 5 rings (SSSR count). The molecule has 1 N–H and O–H groups in total. The van der Waals surface area contributed by atoms with Crippen molar-refractivity contribution < 1.29 is 19.0 Å². The molecule has 180 valence electrons. The van der Waals surface area contributed by atoms with E-state index in [-0.39, 0.29) is 11.2 Å². The standard InChI is InChI=1S/C28H28N2O5/c1-33-20-9-7-19(8-10-20)30-15-13-29(14-16-30)17-23-25(31)12-11-22-27(32)24(18-35-28(22)23)21-5-3-4-6-26(21)34-2/h3-12,18,31H,13-17H2,1-2H3. The average molecular weight is 473 g/mol. The molecule has 3 aromatic carbocycles. The maximum Gasteiger partial charge on any atom is 0.200 e. The third-order valence-corrected chi connectivity index (χ3v) is 6.61. The third kappa shape index (κ3) is 4.42. The highest BCUT2D eigenvalue weighted by molar-refractivity contribution is 5.86. The van der Waals surface area contributed by atoms with Crippen molar-refractivity contribution in [2.24, 2.45) is 0 Å². The van der Waals surface area contributed by atoms with Gasteiger partial charge in [0.2, 0.25) is 5.43 Å². The van der Waals surface area contributed by atoms with E-state index >= 15 is 0 Å². The number of ether oxygens (including phenoxy) is 2. The molecule has 4 aromatic rings. The number of hydrogen-bond acceptors (Lipinski definition) is 7. The zero-order valence-corrected chi connectivity index (χ0v) is 19.9. The number of nitrogens with zero attached hydrogens (tertiary/aromatic N) is 2. The van der Waals surface area contributed by atoms with Gasteiger partial charge < -0.3 is 23.9 Å². The summed E-state index contributed by atoms with van der Waals surface area (Å²) in [6, 6.07) is 18.6. The van der Waals surface area contributed by atoms with Crippen LogP contribution in [0.15, 0.2) is 76.1 Å². The Morgan fingerprint density at radius 3 is 2.34 bits per heavy atom. The molecule has 0 atom stereocenters. The molecule has 0 spiro atoms. The van der Waals surface area contributed by atoms with Crippen molar-refractivity contribution in [3.05, 3.63) is 82.7 Å². The van der Waals surface area contributed by atoms with Crippen molar-refractivity contribution in [3.63, 3.8) is 0 Å². The predicted octanol–water partition coefficient (Wildman–Crippen LogP) is 4.51. The summed E-state index contributed by atoms with van der Waals surface area (Å²) in [6.45, 7) is 3.87. The Morgan fingerprint density at radius 2 is 1.63 bits per heavy atom. The van der Waals surface area contributed by atoms with Gasteiger partial charge in [-0.05, 0) is 42.5 Å². The van der Waals surface area contributed by atoms with Crippen LogP contribution in [0.2, 0.25) is 0 Å². The van der Waals surface area contributed by atoms with Gasteiger partial charge >= 0.3 is 0 Å². The molecule has 0 bridgehead atoms. The highest BCUT2D eigenvalue weighted by Gasteiger charge is 2.22. The van der Waals surface area contributed by atoms with Crippen LogP contribution in [0.25, 0.3) is 22.1 Å². The molecule has 1 aromatic heterocycles. The molecule has 7 heteroatoms. The summed E-state index contributed by atoms with van der Waals surface area (Å²) in [4.78, 5) is 18.0. The molecule has 0 amide bonds. The first-order valence-electron chi connectivity index (χ1n) is 11.6. The average Bonchev–Trinajstić information content (AvgIpc) is 2.91. The minimum Gasteiger partial charge on any atom is -0.507 e. The number of fused-ring (bicyclic) bond motifs is 1. The molecular weight excluding hydrogens is 444 g/mol. The highest BCUT2D eigenvalue weighted by Crippen LogP contribution is 2.32. The molecular formula is C28H28N2O5. The lowest BCUT2D eigenvalue weighted by atomic mass is 10.0. The van der Waals surface area contributed by atoms with Gasteiger partial charge in [0.05, 0.1) is 30.7 Å². The Kier molecular flexibility index (Phi) is 6.33. The molecule has 0 aliphatic carbocycles. The van der Waals surface area contributed by atoms with Crippen LogP contribution in [-0.2, 0) is 6.54 Å². The number of benzene rings is 3. The van der Waals surface area contributed by atoms with Crippen molar-refractivity contribution in [2.75, 3.05) is 45.3 Å². The van der Waals surface area contributed by atoms with Gasteiger partial charge in [-0.1, -0.05) is 18.2 Å². The fraction of sp³-hybridized carbons (Fsp3) is 0.250. The molecule has 1 aliphatic rings. The zero-order valence-electron chi connectivity index (χ0n) is 19.9. The van der Waals surface area contributed by atoms with Gasteiger partial charge in [0.15, 0.2) is 0 Å². The maximum absolute atomic E-state index is 13.4. The molecule has 7 nitrogen and oxygen atoms in total. The Balaban J connectivity index is 1.38. The maximum atomic E-state index is 13.4. The number of aromatic hydroxyl groups is 1. The second-order valence-corrected chi connectivity index (χ2v) is 8.58. The first-order chi connectivity index (χ1) is 17.1. The zero-order chi connectivity index (χ0) is 24.4. The number of piperazine rings is 1. The van der Waals surface area contributed by atoms with Crippen LogP contribution in [0.5, 0.6) is 17.2 Å². The number of methoxy groups -OCH3 is 2. The Bertz CT molecular complexity index is 1390. The second kappa shape index (κ2) is 9.72. The van der Waals surface area contributed by atoms with Gasteiger partial charge in [0.25, 0.3) is 0 Å². The minimum absolute atomic E-state index is 0.128. The monoisotopic (exact) mass is 472 g/mol.